The molecule has 5 nitrogen and oxygen atoms in total. The average molecular weight is 315 g/mol. The van der Waals surface area contributed by atoms with E-state index in [0.717, 1.165) is 29.8 Å². The third-order valence-corrected chi connectivity index (χ3v) is 2.64. The van der Waals surface area contributed by atoms with Crippen molar-refractivity contribution in [3.63, 3.8) is 0 Å². The molecule has 1 aromatic rings. The highest BCUT2D eigenvalue weighted by atomic mass is 79.9. The second-order valence-corrected chi connectivity index (χ2v) is 4.48. The van der Waals surface area contributed by atoms with Crippen molar-refractivity contribution >= 4 is 27.6 Å². The molecule has 4 N–H and O–H groups in total. The molecule has 1 aromatic carbocycles. The summed E-state index contributed by atoms with van der Waals surface area (Å²) in [6.45, 7) is 4.10. The third-order valence-electron chi connectivity index (χ3n) is 2.14. The average Bonchev–Trinajstić information content (AvgIpc) is 2.37. The highest BCUT2D eigenvalue weighted by Gasteiger charge is 1.98. The monoisotopic (exact) mass is 314 g/mol. The zero-order valence-corrected chi connectivity index (χ0v) is 12.0. The second kappa shape index (κ2) is 8.91. The van der Waals surface area contributed by atoms with Gasteiger partial charge in [0.25, 0.3) is 0 Å². The fourth-order valence-electron chi connectivity index (χ4n) is 1.33. The highest BCUT2D eigenvalue weighted by molar-refractivity contribution is 9.10. The summed E-state index contributed by atoms with van der Waals surface area (Å²) in [7, 11) is 0. The number of halogens is 1. The normalized spacial score (nSPS) is 11.4. The summed E-state index contributed by atoms with van der Waals surface area (Å²) in [5.74, 6) is 5.96. The van der Waals surface area contributed by atoms with E-state index >= 15 is 0 Å². The van der Waals surface area contributed by atoms with Gasteiger partial charge in [-0.15, -0.1) is 0 Å². The summed E-state index contributed by atoms with van der Waals surface area (Å²) in [6.07, 6.45) is 0.874. The molecule has 1 rings (SSSR count). The van der Waals surface area contributed by atoms with Gasteiger partial charge >= 0.3 is 0 Å². The van der Waals surface area contributed by atoms with Gasteiger partial charge in [-0.05, 0) is 31.5 Å². The molecular weight excluding hydrogens is 296 g/mol. The number of nitrogens with two attached hydrogens (primary N) is 1. The molecule has 100 valence electrons. The number of nitrogens with zero attached hydrogens (tertiary/aromatic N) is 1. The standard InChI is InChI=1S/C12H19BrN4O/c1-2-18-8-4-7-15-12(17-14)16-11-6-3-5-10(13)9-11/h3,5-6,9H,2,4,7-8,14H2,1H3,(H2,15,16,17). The molecule has 0 spiro atoms. The second-order valence-electron chi connectivity index (χ2n) is 3.56. The Morgan fingerprint density at radius 1 is 1.50 bits per heavy atom. The Balaban J connectivity index is 2.43. The molecule has 0 unspecified atom stereocenters. The van der Waals surface area contributed by atoms with Crippen molar-refractivity contribution < 1.29 is 4.74 Å². The van der Waals surface area contributed by atoms with Crippen LogP contribution in [0.3, 0.4) is 0 Å². The molecular formula is C12H19BrN4O. The van der Waals surface area contributed by atoms with E-state index in [1.54, 1.807) is 0 Å². The quantitative estimate of drug-likeness (QED) is 0.247. The number of hydrazine groups is 1. The first-order chi connectivity index (χ1) is 8.76. The highest BCUT2D eigenvalue weighted by Crippen LogP contribution is 2.15. The minimum Gasteiger partial charge on any atom is -0.382 e. The molecule has 0 aliphatic rings. The van der Waals surface area contributed by atoms with E-state index in [0.29, 0.717) is 12.5 Å². The maximum absolute atomic E-state index is 5.41. The van der Waals surface area contributed by atoms with Crippen LogP contribution < -0.4 is 16.6 Å². The first kappa shape index (κ1) is 14.9. The van der Waals surface area contributed by atoms with Crippen molar-refractivity contribution in [2.45, 2.75) is 13.3 Å². The van der Waals surface area contributed by atoms with E-state index in [2.05, 4.69) is 31.7 Å². The van der Waals surface area contributed by atoms with Gasteiger partial charge in [0, 0.05) is 29.9 Å². The zero-order valence-electron chi connectivity index (χ0n) is 10.4. The Bertz CT molecular complexity index is 384. The fraction of sp³-hybridized carbons (Fsp3) is 0.417. The molecule has 18 heavy (non-hydrogen) atoms. The number of benzene rings is 1. The van der Waals surface area contributed by atoms with Gasteiger partial charge in [0.15, 0.2) is 0 Å². The Kier molecular flexibility index (Phi) is 7.40. The van der Waals surface area contributed by atoms with Gasteiger partial charge in [-0.2, -0.15) is 0 Å². The van der Waals surface area contributed by atoms with Crippen molar-refractivity contribution in [2.75, 3.05) is 25.1 Å². The summed E-state index contributed by atoms with van der Waals surface area (Å²) >= 11 is 3.41. The molecule has 0 bridgehead atoms. The van der Waals surface area contributed by atoms with Gasteiger partial charge < -0.3 is 10.1 Å². The van der Waals surface area contributed by atoms with Crippen molar-refractivity contribution in [3.05, 3.63) is 28.7 Å². The Labute approximate surface area is 116 Å². The van der Waals surface area contributed by atoms with Crippen LogP contribution >= 0.6 is 15.9 Å². The fourth-order valence-corrected chi connectivity index (χ4v) is 1.73. The Morgan fingerprint density at radius 2 is 2.33 bits per heavy atom. The van der Waals surface area contributed by atoms with Crippen LogP contribution in [0.25, 0.3) is 0 Å². The van der Waals surface area contributed by atoms with Crippen LogP contribution in [-0.2, 0) is 4.74 Å². The number of ether oxygens (including phenoxy) is 1. The summed E-state index contributed by atoms with van der Waals surface area (Å²) in [5, 5.41) is 3.10. The van der Waals surface area contributed by atoms with Gasteiger partial charge in [0.1, 0.15) is 0 Å². The van der Waals surface area contributed by atoms with Crippen LogP contribution in [0.2, 0.25) is 0 Å². The van der Waals surface area contributed by atoms with Crippen LogP contribution in [0, 0.1) is 0 Å². The van der Waals surface area contributed by atoms with Gasteiger partial charge in [0.05, 0.1) is 0 Å². The summed E-state index contributed by atoms with van der Waals surface area (Å²) in [5.41, 5.74) is 3.47. The molecule has 6 heteroatoms. The topological polar surface area (TPSA) is 71.7 Å². The predicted molar refractivity (Wildman–Crippen MR) is 78.5 cm³/mol. The van der Waals surface area contributed by atoms with Crippen LogP contribution in [-0.4, -0.2) is 25.7 Å². The number of anilines is 1. The maximum Gasteiger partial charge on any atom is 0.210 e. The molecule has 0 atom stereocenters. The summed E-state index contributed by atoms with van der Waals surface area (Å²) in [4.78, 5) is 4.31. The van der Waals surface area contributed by atoms with E-state index < -0.39 is 0 Å². The molecule has 0 saturated carbocycles. The van der Waals surface area contributed by atoms with E-state index in [1.807, 2.05) is 31.2 Å². The molecule has 0 radical (unpaired) electrons. The van der Waals surface area contributed by atoms with Gasteiger partial charge in [-0.1, -0.05) is 22.0 Å². The van der Waals surface area contributed by atoms with Crippen LogP contribution in [0.5, 0.6) is 0 Å². The van der Waals surface area contributed by atoms with E-state index in [-0.39, 0.29) is 0 Å². The van der Waals surface area contributed by atoms with Crippen molar-refractivity contribution in [3.8, 4) is 0 Å². The van der Waals surface area contributed by atoms with Crippen LogP contribution in [0.4, 0.5) is 5.69 Å². The molecule has 0 fully saturated rings. The van der Waals surface area contributed by atoms with Crippen molar-refractivity contribution in [1.29, 1.82) is 0 Å². The lowest BCUT2D eigenvalue weighted by atomic mass is 10.3. The third kappa shape index (κ3) is 6.00. The SMILES string of the molecule is CCOCCCN=C(NN)Nc1cccc(Br)c1. The number of rotatable bonds is 6. The van der Waals surface area contributed by atoms with E-state index in [1.165, 1.54) is 0 Å². The largest absolute Gasteiger partial charge is 0.382 e. The smallest absolute Gasteiger partial charge is 0.210 e. The lowest BCUT2D eigenvalue weighted by Gasteiger charge is -2.09. The molecule has 0 aromatic heterocycles. The molecule has 0 heterocycles. The lowest BCUT2D eigenvalue weighted by molar-refractivity contribution is 0.146. The first-order valence-electron chi connectivity index (χ1n) is 5.87. The van der Waals surface area contributed by atoms with Gasteiger partial charge in [0.2, 0.25) is 5.96 Å². The number of guanidine groups is 1. The minimum atomic E-state index is 0.546. The Morgan fingerprint density at radius 3 is 3.00 bits per heavy atom. The van der Waals surface area contributed by atoms with Crippen molar-refractivity contribution in [2.24, 2.45) is 10.8 Å². The van der Waals surface area contributed by atoms with E-state index in [4.69, 9.17) is 10.6 Å². The summed E-state index contributed by atoms with van der Waals surface area (Å²) < 4.78 is 6.24. The predicted octanol–water partition coefficient (Wildman–Crippen LogP) is 2.11. The lowest BCUT2D eigenvalue weighted by Crippen LogP contribution is -2.36. The minimum absolute atomic E-state index is 0.546. The van der Waals surface area contributed by atoms with E-state index in [9.17, 15) is 0 Å². The number of hydrogen-bond donors (Lipinski definition) is 3. The first-order valence-corrected chi connectivity index (χ1v) is 6.67. The van der Waals surface area contributed by atoms with Gasteiger partial charge in [-0.3, -0.25) is 10.4 Å². The number of hydrogen-bond acceptors (Lipinski definition) is 3. The molecule has 0 aliphatic carbocycles. The van der Waals surface area contributed by atoms with Crippen LogP contribution in [0.15, 0.2) is 33.7 Å². The van der Waals surface area contributed by atoms with Crippen molar-refractivity contribution in [1.82, 2.24) is 5.43 Å². The molecule has 0 amide bonds. The molecule has 0 saturated heterocycles. The number of nitrogens with one attached hydrogen (secondary N) is 2. The maximum atomic E-state index is 5.41. The van der Waals surface area contributed by atoms with Gasteiger partial charge in [-0.25, -0.2) is 5.84 Å². The molecule has 0 aliphatic heterocycles. The zero-order chi connectivity index (χ0) is 13.2. The summed E-state index contributed by atoms with van der Waals surface area (Å²) in [6, 6.07) is 7.79. The Hall–Kier alpha value is -1.11. The number of aliphatic imine (C=N–C) groups is 1. The van der Waals surface area contributed by atoms with Crippen LogP contribution in [0.1, 0.15) is 13.3 Å².